The molecule has 1 aromatic carbocycles. The van der Waals surface area contributed by atoms with Crippen molar-refractivity contribution in [1.82, 2.24) is 10.1 Å². The largest absolute Gasteiger partial charge is 0.338 e. The second kappa shape index (κ2) is 6.25. The van der Waals surface area contributed by atoms with Crippen LogP contribution in [0.1, 0.15) is 26.2 Å². The van der Waals surface area contributed by atoms with Crippen LogP contribution in [0, 0.1) is 16.0 Å². The van der Waals surface area contributed by atoms with E-state index in [0.29, 0.717) is 6.42 Å². The smallest absolute Gasteiger partial charge is 0.280 e. The first kappa shape index (κ1) is 14.8. The molecule has 0 aliphatic rings. The molecule has 0 radical (unpaired) electrons. The minimum absolute atomic E-state index is 0.00256. The van der Waals surface area contributed by atoms with E-state index in [9.17, 15) is 14.9 Å². The highest BCUT2D eigenvalue weighted by Crippen LogP contribution is 2.27. The Balaban J connectivity index is 2.21. The van der Waals surface area contributed by atoms with Gasteiger partial charge in [0.15, 0.2) is 0 Å². The Morgan fingerprint density at radius 3 is 2.76 bits per heavy atom. The number of ketones is 1. The summed E-state index contributed by atoms with van der Waals surface area (Å²) in [5.41, 5.74) is 0.173. The Morgan fingerprint density at radius 1 is 1.38 bits per heavy atom. The lowest BCUT2D eigenvalue weighted by atomic mass is 10.1. The summed E-state index contributed by atoms with van der Waals surface area (Å²) in [5.74, 6) is 0.557. The topological polar surface area (TPSA) is 99.1 Å². The van der Waals surface area contributed by atoms with Crippen molar-refractivity contribution >= 4 is 11.5 Å². The summed E-state index contributed by atoms with van der Waals surface area (Å²) in [7, 11) is 0. The Morgan fingerprint density at radius 2 is 2.10 bits per heavy atom. The van der Waals surface area contributed by atoms with Crippen LogP contribution in [0.3, 0.4) is 0 Å². The minimum atomic E-state index is -0.505. The van der Waals surface area contributed by atoms with Crippen molar-refractivity contribution in [3.05, 3.63) is 40.3 Å². The normalized spacial score (nSPS) is 10.8. The van der Waals surface area contributed by atoms with Crippen molar-refractivity contribution in [1.29, 1.82) is 0 Å². The number of Topliss-reactive ketones (excluding diaryl/α,β-unsaturated/α-hetero) is 1. The van der Waals surface area contributed by atoms with Crippen LogP contribution in [0.15, 0.2) is 28.8 Å². The maximum absolute atomic E-state index is 11.7. The third-order valence-electron chi connectivity index (χ3n) is 2.79. The number of rotatable bonds is 6. The number of nitro benzene ring substituents is 1. The fourth-order valence-corrected chi connectivity index (χ4v) is 1.95. The molecule has 0 aliphatic heterocycles. The van der Waals surface area contributed by atoms with Gasteiger partial charge < -0.3 is 4.52 Å². The third kappa shape index (κ3) is 3.71. The molecule has 0 amide bonds. The molecule has 1 aromatic heterocycles. The molecule has 0 unspecified atom stereocenters. The molecule has 0 bridgehead atoms. The molecule has 0 fully saturated rings. The van der Waals surface area contributed by atoms with Crippen LogP contribution in [-0.4, -0.2) is 20.8 Å². The van der Waals surface area contributed by atoms with Gasteiger partial charge in [-0.15, -0.1) is 0 Å². The molecule has 2 aromatic rings. The van der Waals surface area contributed by atoms with Crippen LogP contribution in [0.5, 0.6) is 0 Å². The number of hydrogen-bond donors (Lipinski definition) is 0. The number of benzene rings is 1. The molecule has 7 nitrogen and oxygen atoms in total. The molecule has 1 heterocycles. The van der Waals surface area contributed by atoms with E-state index < -0.39 is 4.92 Å². The van der Waals surface area contributed by atoms with Gasteiger partial charge in [0.1, 0.15) is 11.3 Å². The SMILES string of the molecule is CC(C)CC(=O)Cc1nc(-c2ccccc2[N+](=O)[O-])no1. The van der Waals surface area contributed by atoms with Gasteiger partial charge in [-0.3, -0.25) is 14.9 Å². The fraction of sp³-hybridized carbons (Fsp3) is 0.357. The molecule has 21 heavy (non-hydrogen) atoms. The maximum atomic E-state index is 11.7. The van der Waals surface area contributed by atoms with Gasteiger partial charge in [-0.05, 0) is 12.0 Å². The van der Waals surface area contributed by atoms with E-state index in [-0.39, 0.29) is 41.1 Å². The monoisotopic (exact) mass is 289 g/mol. The van der Waals surface area contributed by atoms with Crippen molar-refractivity contribution in [3.8, 4) is 11.4 Å². The molecule has 0 saturated heterocycles. The highest BCUT2D eigenvalue weighted by Gasteiger charge is 2.20. The Bertz CT molecular complexity index is 664. The first-order valence-electron chi connectivity index (χ1n) is 6.55. The first-order valence-corrected chi connectivity index (χ1v) is 6.55. The maximum Gasteiger partial charge on any atom is 0.280 e. The number of carbonyl (C=O) groups is 1. The summed E-state index contributed by atoms with van der Waals surface area (Å²) < 4.78 is 5.00. The highest BCUT2D eigenvalue weighted by molar-refractivity contribution is 5.80. The average molecular weight is 289 g/mol. The number of para-hydroxylation sites is 1. The molecule has 0 saturated carbocycles. The van der Waals surface area contributed by atoms with Crippen molar-refractivity contribution in [2.24, 2.45) is 5.92 Å². The van der Waals surface area contributed by atoms with E-state index in [1.54, 1.807) is 18.2 Å². The van der Waals surface area contributed by atoms with Crippen LogP contribution < -0.4 is 0 Å². The summed E-state index contributed by atoms with van der Waals surface area (Å²) in [5, 5.41) is 14.7. The Kier molecular flexibility index (Phi) is 4.42. The van der Waals surface area contributed by atoms with Crippen molar-refractivity contribution in [2.45, 2.75) is 26.7 Å². The lowest BCUT2D eigenvalue weighted by Gasteiger charge is -2.00. The second-order valence-electron chi connectivity index (χ2n) is 5.10. The highest BCUT2D eigenvalue weighted by atomic mass is 16.6. The van der Waals surface area contributed by atoms with Gasteiger partial charge in [-0.25, -0.2) is 0 Å². The number of nitro groups is 1. The van der Waals surface area contributed by atoms with E-state index in [0.717, 1.165) is 0 Å². The van der Waals surface area contributed by atoms with E-state index in [1.165, 1.54) is 6.07 Å². The van der Waals surface area contributed by atoms with Gasteiger partial charge in [0.2, 0.25) is 11.7 Å². The van der Waals surface area contributed by atoms with Gasteiger partial charge in [0, 0.05) is 12.5 Å². The van der Waals surface area contributed by atoms with Gasteiger partial charge >= 0.3 is 0 Å². The molecule has 110 valence electrons. The van der Waals surface area contributed by atoms with Gasteiger partial charge in [0.25, 0.3) is 5.69 Å². The molecule has 0 spiro atoms. The van der Waals surface area contributed by atoms with Crippen LogP contribution >= 0.6 is 0 Å². The summed E-state index contributed by atoms with van der Waals surface area (Å²) in [6, 6.07) is 6.13. The first-order chi connectivity index (χ1) is 9.97. The summed E-state index contributed by atoms with van der Waals surface area (Å²) >= 11 is 0. The van der Waals surface area contributed by atoms with Crippen LogP contribution in [0.25, 0.3) is 11.4 Å². The minimum Gasteiger partial charge on any atom is -0.338 e. The quantitative estimate of drug-likeness (QED) is 0.599. The standard InChI is InChI=1S/C14H15N3O4/c1-9(2)7-10(18)8-13-15-14(16-21-13)11-5-3-4-6-12(11)17(19)20/h3-6,9H,7-8H2,1-2H3. The summed E-state index contributed by atoms with van der Waals surface area (Å²) in [6.07, 6.45) is 0.481. The number of carbonyl (C=O) groups excluding carboxylic acids is 1. The van der Waals surface area contributed by atoms with Crippen molar-refractivity contribution in [2.75, 3.05) is 0 Å². The van der Waals surface area contributed by atoms with E-state index in [1.807, 2.05) is 13.8 Å². The fourth-order valence-electron chi connectivity index (χ4n) is 1.95. The van der Waals surface area contributed by atoms with E-state index >= 15 is 0 Å². The Hall–Kier alpha value is -2.57. The van der Waals surface area contributed by atoms with Gasteiger partial charge in [-0.2, -0.15) is 4.98 Å². The summed E-state index contributed by atoms with van der Waals surface area (Å²) in [6.45, 7) is 3.90. The molecule has 0 N–H and O–H groups in total. The second-order valence-corrected chi connectivity index (χ2v) is 5.10. The van der Waals surface area contributed by atoms with Crippen LogP contribution in [0.4, 0.5) is 5.69 Å². The van der Waals surface area contributed by atoms with E-state index in [4.69, 9.17) is 4.52 Å². The molecule has 0 aliphatic carbocycles. The van der Waals surface area contributed by atoms with Gasteiger partial charge in [-0.1, -0.05) is 31.1 Å². The zero-order chi connectivity index (χ0) is 15.4. The van der Waals surface area contributed by atoms with Crippen molar-refractivity contribution in [3.63, 3.8) is 0 Å². The predicted molar refractivity (Wildman–Crippen MR) is 74.6 cm³/mol. The number of aromatic nitrogens is 2. The zero-order valence-corrected chi connectivity index (χ0v) is 11.8. The Labute approximate surface area is 121 Å². The average Bonchev–Trinajstić information content (AvgIpc) is 2.85. The zero-order valence-electron chi connectivity index (χ0n) is 11.8. The third-order valence-corrected chi connectivity index (χ3v) is 2.79. The van der Waals surface area contributed by atoms with Crippen LogP contribution in [-0.2, 0) is 11.2 Å². The number of hydrogen-bond acceptors (Lipinski definition) is 6. The van der Waals surface area contributed by atoms with Crippen LogP contribution in [0.2, 0.25) is 0 Å². The van der Waals surface area contributed by atoms with Crippen molar-refractivity contribution < 1.29 is 14.2 Å². The molecule has 0 atom stereocenters. The number of nitrogens with zero attached hydrogens (tertiary/aromatic N) is 3. The summed E-state index contributed by atoms with van der Waals surface area (Å²) in [4.78, 5) is 26.2. The molecular formula is C14H15N3O4. The lowest BCUT2D eigenvalue weighted by molar-refractivity contribution is -0.384. The molecular weight excluding hydrogens is 274 g/mol. The molecule has 2 rings (SSSR count). The predicted octanol–water partition coefficient (Wildman–Crippen LogP) is 2.80. The van der Waals surface area contributed by atoms with E-state index in [2.05, 4.69) is 10.1 Å². The molecule has 7 heteroatoms. The van der Waals surface area contributed by atoms with Gasteiger partial charge in [0.05, 0.1) is 11.3 Å². The lowest BCUT2D eigenvalue weighted by Crippen LogP contribution is -2.06.